The molecule has 1 heterocycles. The van der Waals surface area contributed by atoms with Crippen molar-refractivity contribution in [2.75, 3.05) is 13.7 Å². The highest BCUT2D eigenvalue weighted by molar-refractivity contribution is 5.91. The van der Waals surface area contributed by atoms with Crippen molar-refractivity contribution in [2.24, 2.45) is 0 Å². The molecule has 4 rings (SSSR count). The van der Waals surface area contributed by atoms with Crippen LogP contribution in [0.1, 0.15) is 40.4 Å². The molecule has 3 aromatic rings. The molecule has 0 saturated carbocycles. The molecule has 148 valence electrons. The van der Waals surface area contributed by atoms with Crippen LogP contribution in [0, 0.1) is 0 Å². The molecule has 0 N–H and O–H groups in total. The summed E-state index contributed by atoms with van der Waals surface area (Å²) >= 11 is 0. The first-order chi connectivity index (χ1) is 14.1. The molecule has 7 heteroatoms. The minimum absolute atomic E-state index is 0.0214. The van der Waals surface area contributed by atoms with Gasteiger partial charge < -0.3 is 9.64 Å². The molecule has 0 saturated heterocycles. The van der Waals surface area contributed by atoms with Crippen molar-refractivity contribution < 1.29 is 14.3 Å². The zero-order chi connectivity index (χ0) is 20.2. The maximum absolute atomic E-state index is 12.6. The Balaban J connectivity index is 1.36. The third kappa shape index (κ3) is 4.03. The van der Waals surface area contributed by atoms with E-state index in [-0.39, 0.29) is 18.6 Å². The van der Waals surface area contributed by atoms with Crippen molar-refractivity contribution in [1.29, 1.82) is 0 Å². The van der Waals surface area contributed by atoms with E-state index >= 15 is 0 Å². The van der Waals surface area contributed by atoms with Crippen LogP contribution in [0.5, 0.6) is 0 Å². The molecule has 1 aliphatic carbocycles. The third-order valence-corrected chi connectivity index (χ3v) is 5.31. The molecule has 1 amide bonds. The number of hydrogen-bond donors (Lipinski definition) is 0. The Morgan fingerprint density at radius 1 is 1.17 bits per heavy atom. The van der Waals surface area contributed by atoms with Crippen molar-refractivity contribution in [3.63, 3.8) is 0 Å². The molecule has 0 unspecified atom stereocenters. The summed E-state index contributed by atoms with van der Waals surface area (Å²) in [7, 11) is 1.77. The quantitative estimate of drug-likeness (QED) is 0.626. The zero-order valence-corrected chi connectivity index (χ0v) is 16.2. The lowest BCUT2D eigenvalue weighted by atomic mass is 9.87. The zero-order valence-electron chi connectivity index (χ0n) is 16.2. The molecule has 2 aromatic carbocycles. The maximum Gasteiger partial charge on any atom is 0.338 e. The maximum atomic E-state index is 12.6. The van der Waals surface area contributed by atoms with E-state index in [1.807, 2.05) is 12.1 Å². The first-order valence-corrected chi connectivity index (χ1v) is 9.59. The van der Waals surface area contributed by atoms with Crippen molar-refractivity contribution >= 4 is 11.9 Å². The van der Waals surface area contributed by atoms with Crippen LogP contribution in [0.3, 0.4) is 0 Å². The Hall–Kier alpha value is -3.48. The standard InChI is InChI=1S/C22H22N4O3/c1-25(20-8-4-6-16-5-2-3-7-19(16)20)21(27)13-29-22(28)17-9-11-18(12-10-17)26-15-23-14-24-26/h2-3,5,7,9-12,14-15,20H,4,6,8,13H2,1H3/t20-/m1/s1. The van der Waals surface area contributed by atoms with Crippen molar-refractivity contribution in [2.45, 2.75) is 25.3 Å². The summed E-state index contributed by atoms with van der Waals surface area (Å²) in [5.41, 5.74) is 3.63. The van der Waals surface area contributed by atoms with Gasteiger partial charge in [0.2, 0.25) is 0 Å². The van der Waals surface area contributed by atoms with Crippen LogP contribution < -0.4 is 0 Å². The molecule has 7 nitrogen and oxygen atoms in total. The second kappa shape index (κ2) is 8.26. The molecule has 1 atom stereocenters. The van der Waals surface area contributed by atoms with Gasteiger partial charge in [0.1, 0.15) is 12.7 Å². The van der Waals surface area contributed by atoms with Gasteiger partial charge in [0.05, 0.1) is 17.3 Å². The largest absolute Gasteiger partial charge is 0.452 e. The van der Waals surface area contributed by atoms with E-state index in [0.717, 1.165) is 24.9 Å². The molecular weight excluding hydrogens is 368 g/mol. The summed E-state index contributed by atoms with van der Waals surface area (Å²) in [6, 6.07) is 15.0. The topological polar surface area (TPSA) is 77.3 Å². The van der Waals surface area contributed by atoms with Gasteiger partial charge in [0.25, 0.3) is 5.91 Å². The number of ether oxygens (including phenoxy) is 1. The predicted molar refractivity (Wildman–Crippen MR) is 107 cm³/mol. The lowest BCUT2D eigenvalue weighted by Gasteiger charge is -2.33. The molecule has 1 aliphatic rings. The van der Waals surface area contributed by atoms with E-state index in [2.05, 4.69) is 22.2 Å². The van der Waals surface area contributed by atoms with Crippen molar-refractivity contribution in [3.05, 3.63) is 77.9 Å². The van der Waals surface area contributed by atoms with E-state index in [4.69, 9.17) is 4.74 Å². The average molecular weight is 390 g/mol. The normalized spacial score (nSPS) is 15.4. The number of aryl methyl sites for hydroxylation is 1. The van der Waals surface area contributed by atoms with Gasteiger partial charge in [-0.25, -0.2) is 14.5 Å². The smallest absolute Gasteiger partial charge is 0.338 e. The van der Waals surface area contributed by atoms with Crippen LogP contribution in [0.25, 0.3) is 5.69 Å². The van der Waals surface area contributed by atoms with Gasteiger partial charge in [-0.15, -0.1) is 0 Å². The highest BCUT2D eigenvalue weighted by atomic mass is 16.5. The second-order valence-corrected chi connectivity index (χ2v) is 7.07. The number of carbonyl (C=O) groups is 2. The fourth-order valence-electron chi connectivity index (χ4n) is 3.71. The highest BCUT2D eigenvalue weighted by Gasteiger charge is 2.27. The van der Waals surface area contributed by atoms with Gasteiger partial charge in [-0.2, -0.15) is 5.10 Å². The van der Waals surface area contributed by atoms with Crippen LogP contribution in [0.2, 0.25) is 0 Å². The van der Waals surface area contributed by atoms with E-state index in [9.17, 15) is 9.59 Å². The summed E-state index contributed by atoms with van der Waals surface area (Å²) in [5, 5.41) is 4.04. The predicted octanol–water partition coefficient (Wildman–Crippen LogP) is 2.96. The molecule has 0 fully saturated rings. The number of amides is 1. The monoisotopic (exact) mass is 390 g/mol. The van der Waals surface area contributed by atoms with Gasteiger partial charge >= 0.3 is 5.97 Å². The first kappa shape index (κ1) is 18.9. The summed E-state index contributed by atoms with van der Waals surface area (Å²) < 4.78 is 6.85. The third-order valence-electron chi connectivity index (χ3n) is 5.31. The minimum atomic E-state index is -0.527. The van der Waals surface area contributed by atoms with Gasteiger partial charge in [0, 0.05) is 7.05 Å². The summed E-state index contributed by atoms with van der Waals surface area (Å²) in [6.45, 7) is -0.279. The first-order valence-electron chi connectivity index (χ1n) is 9.59. The number of nitrogens with zero attached hydrogens (tertiary/aromatic N) is 4. The van der Waals surface area contributed by atoms with Crippen molar-refractivity contribution in [3.8, 4) is 5.69 Å². The van der Waals surface area contributed by atoms with Gasteiger partial charge in [-0.1, -0.05) is 24.3 Å². The van der Waals surface area contributed by atoms with Crippen LogP contribution in [-0.4, -0.2) is 45.2 Å². The van der Waals surface area contributed by atoms with Crippen LogP contribution >= 0.6 is 0 Å². The van der Waals surface area contributed by atoms with E-state index in [1.54, 1.807) is 47.2 Å². The minimum Gasteiger partial charge on any atom is -0.452 e. The van der Waals surface area contributed by atoms with Crippen LogP contribution in [-0.2, 0) is 16.0 Å². The summed E-state index contributed by atoms with van der Waals surface area (Å²) in [4.78, 5) is 30.5. The molecule has 0 bridgehead atoms. The summed E-state index contributed by atoms with van der Waals surface area (Å²) in [6.07, 6.45) is 6.00. The fourth-order valence-corrected chi connectivity index (χ4v) is 3.71. The number of esters is 1. The van der Waals surface area contributed by atoms with E-state index in [0.29, 0.717) is 5.56 Å². The molecule has 29 heavy (non-hydrogen) atoms. The highest BCUT2D eigenvalue weighted by Crippen LogP contribution is 2.33. The molecular formula is C22H22N4O3. The number of benzene rings is 2. The lowest BCUT2D eigenvalue weighted by Crippen LogP contribution is -2.36. The Kier molecular flexibility index (Phi) is 5.37. The Bertz CT molecular complexity index is 999. The van der Waals surface area contributed by atoms with Gasteiger partial charge in [-0.3, -0.25) is 4.79 Å². The van der Waals surface area contributed by atoms with Gasteiger partial charge in [0.15, 0.2) is 6.61 Å². The number of rotatable bonds is 5. The van der Waals surface area contributed by atoms with Crippen LogP contribution in [0.4, 0.5) is 0 Å². The number of carbonyl (C=O) groups excluding carboxylic acids is 2. The lowest BCUT2D eigenvalue weighted by molar-refractivity contribution is -0.135. The molecule has 1 aromatic heterocycles. The Morgan fingerprint density at radius 2 is 1.97 bits per heavy atom. The second-order valence-electron chi connectivity index (χ2n) is 7.07. The number of aromatic nitrogens is 3. The van der Waals surface area contributed by atoms with Crippen molar-refractivity contribution in [1.82, 2.24) is 19.7 Å². The van der Waals surface area contributed by atoms with E-state index in [1.165, 1.54) is 17.5 Å². The van der Waals surface area contributed by atoms with Crippen LogP contribution in [0.15, 0.2) is 61.2 Å². The molecule has 0 radical (unpaired) electrons. The fraction of sp³-hybridized carbons (Fsp3) is 0.273. The molecule has 0 spiro atoms. The Labute approximate surface area is 168 Å². The van der Waals surface area contributed by atoms with Gasteiger partial charge in [-0.05, 0) is 54.7 Å². The summed E-state index contributed by atoms with van der Waals surface area (Å²) in [5.74, 6) is -0.736. The number of hydrogen-bond acceptors (Lipinski definition) is 5. The Morgan fingerprint density at radius 3 is 2.72 bits per heavy atom. The number of likely N-dealkylation sites (N-methyl/N-ethyl adjacent to an activating group) is 1. The average Bonchev–Trinajstić information content (AvgIpc) is 3.31. The molecule has 0 aliphatic heterocycles. The van der Waals surface area contributed by atoms with E-state index < -0.39 is 5.97 Å². The number of fused-ring (bicyclic) bond motifs is 1. The SMILES string of the molecule is CN(C(=O)COC(=O)c1ccc(-n2cncn2)cc1)[C@@H]1CCCc2ccccc21.